The number of halogens is 2. The van der Waals surface area contributed by atoms with E-state index >= 15 is 0 Å². The van der Waals surface area contributed by atoms with E-state index in [0.29, 0.717) is 5.92 Å². The average Bonchev–Trinajstić information content (AvgIpc) is 2.58. The molecule has 1 amide bonds. The van der Waals surface area contributed by atoms with Crippen LogP contribution in [0.2, 0.25) is 0 Å². The number of benzene rings is 1. The molecule has 2 aliphatic heterocycles. The normalized spacial score (nSPS) is 20.7. The van der Waals surface area contributed by atoms with Gasteiger partial charge >= 0.3 is 0 Å². The van der Waals surface area contributed by atoms with Crippen molar-refractivity contribution < 1.29 is 9.53 Å². The minimum Gasteiger partial charge on any atom is -0.379 e. The van der Waals surface area contributed by atoms with Crippen molar-refractivity contribution in [2.24, 2.45) is 5.92 Å². The molecule has 6 heteroatoms. The van der Waals surface area contributed by atoms with Crippen LogP contribution in [0.1, 0.15) is 23.2 Å². The summed E-state index contributed by atoms with van der Waals surface area (Å²) in [6.07, 6.45) is 2.21. The zero-order chi connectivity index (χ0) is 16.2. The number of morpholine rings is 1. The largest absolute Gasteiger partial charge is 0.379 e. The van der Waals surface area contributed by atoms with Crippen LogP contribution in [0.3, 0.4) is 0 Å². The fraction of sp³-hybridized carbons (Fsp3) is 0.588. The van der Waals surface area contributed by atoms with Crippen LogP contribution in [-0.4, -0.2) is 61.6 Å². The van der Waals surface area contributed by atoms with Gasteiger partial charge in [0, 0.05) is 40.8 Å². The topological polar surface area (TPSA) is 32.8 Å². The molecular weight excluding hydrogens is 471 g/mol. The Morgan fingerprint density at radius 3 is 2.61 bits per heavy atom. The first-order valence-corrected chi connectivity index (χ1v) is 10.0. The third-order valence-corrected chi connectivity index (χ3v) is 6.11. The zero-order valence-electron chi connectivity index (χ0n) is 13.1. The third-order valence-electron chi connectivity index (χ3n) is 4.68. The first-order valence-electron chi connectivity index (χ1n) is 8.18. The lowest BCUT2D eigenvalue weighted by Crippen LogP contribution is -2.44. The van der Waals surface area contributed by atoms with Crippen molar-refractivity contribution in [3.8, 4) is 0 Å². The maximum absolute atomic E-state index is 12.7. The second-order valence-corrected chi connectivity index (χ2v) is 8.35. The van der Waals surface area contributed by atoms with Gasteiger partial charge in [-0.25, -0.2) is 0 Å². The Bertz CT molecular complexity index is 556. The molecule has 2 aliphatic rings. The SMILES string of the molecule is O=C(c1cc(Br)ccc1I)N1CCC(CN2CCOCC2)CC1. The van der Waals surface area contributed by atoms with Gasteiger partial charge in [0.1, 0.15) is 0 Å². The van der Waals surface area contributed by atoms with Crippen LogP contribution in [0.4, 0.5) is 0 Å². The number of likely N-dealkylation sites (tertiary alicyclic amines) is 1. The molecule has 0 saturated carbocycles. The number of amides is 1. The molecule has 2 fully saturated rings. The summed E-state index contributed by atoms with van der Waals surface area (Å²) in [4.78, 5) is 17.3. The maximum Gasteiger partial charge on any atom is 0.254 e. The second-order valence-electron chi connectivity index (χ2n) is 6.27. The van der Waals surface area contributed by atoms with E-state index in [4.69, 9.17) is 4.74 Å². The van der Waals surface area contributed by atoms with E-state index in [1.807, 2.05) is 23.1 Å². The van der Waals surface area contributed by atoms with E-state index in [2.05, 4.69) is 43.4 Å². The Kier molecular flexibility index (Phi) is 6.34. The summed E-state index contributed by atoms with van der Waals surface area (Å²) in [6.45, 7) is 6.72. The molecule has 0 atom stereocenters. The molecule has 0 bridgehead atoms. The lowest BCUT2D eigenvalue weighted by molar-refractivity contribution is 0.0242. The molecule has 23 heavy (non-hydrogen) atoms. The molecule has 0 radical (unpaired) electrons. The molecule has 2 saturated heterocycles. The molecule has 1 aromatic rings. The van der Waals surface area contributed by atoms with E-state index in [1.54, 1.807) is 0 Å². The molecule has 3 rings (SSSR count). The fourth-order valence-electron chi connectivity index (χ4n) is 3.30. The highest BCUT2D eigenvalue weighted by atomic mass is 127. The van der Waals surface area contributed by atoms with Gasteiger partial charge in [0.05, 0.1) is 18.8 Å². The van der Waals surface area contributed by atoms with Crippen molar-refractivity contribution in [1.82, 2.24) is 9.80 Å². The van der Waals surface area contributed by atoms with Crippen LogP contribution in [0.5, 0.6) is 0 Å². The van der Waals surface area contributed by atoms with Gasteiger partial charge < -0.3 is 9.64 Å². The molecule has 4 nitrogen and oxygen atoms in total. The highest BCUT2D eigenvalue weighted by Crippen LogP contribution is 2.24. The van der Waals surface area contributed by atoms with Crippen molar-refractivity contribution in [3.63, 3.8) is 0 Å². The monoisotopic (exact) mass is 492 g/mol. The Hall–Kier alpha value is -0.180. The van der Waals surface area contributed by atoms with Gasteiger partial charge in [-0.3, -0.25) is 9.69 Å². The Morgan fingerprint density at radius 2 is 1.91 bits per heavy atom. The van der Waals surface area contributed by atoms with Gasteiger partial charge in [-0.15, -0.1) is 0 Å². The summed E-state index contributed by atoms with van der Waals surface area (Å²) in [5.74, 6) is 0.874. The standard InChI is InChI=1S/C17H22BrIN2O2/c18-14-1-2-16(19)15(11-14)17(22)21-5-3-13(4-6-21)12-20-7-9-23-10-8-20/h1-2,11,13H,3-10,12H2. The predicted octanol–water partition coefficient (Wildman–Crippen LogP) is 3.24. The van der Waals surface area contributed by atoms with Crippen molar-refractivity contribution in [1.29, 1.82) is 0 Å². The summed E-state index contributed by atoms with van der Waals surface area (Å²) in [7, 11) is 0. The van der Waals surface area contributed by atoms with Gasteiger partial charge in [-0.2, -0.15) is 0 Å². The molecule has 126 valence electrons. The predicted molar refractivity (Wildman–Crippen MR) is 103 cm³/mol. The molecule has 0 aliphatic carbocycles. The molecule has 0 unspecified atom stereocenters. The first kappa shape index (κ1) is 17.6. The van der Waals surface area contributed by atoms with Gasteiger partial charge in [0.15, 0.2) is 0 Å². The van der Waals surface area contributed by atoms with Crippen LogP contribution in [0, 0.1) is 9.49 Å². The quantitative estimate of drug-likeness (QED) is 0.607. The van der Waals surface area contributed by atoms with E-state index in [0.717, 1.165) is 72.4 Å². The van der Waals surface area contributed by atoms with Crippen molar-refractivity contribution >= 4 is 44.4 Å². The van der Waals surface area contributed by atoms with Crippen LogP contribution >= 0.6 is 38.5 Å². The lowest BCUT2D eigenvalue weighted by atomic mass is 9.95. The average molecular weight is 493 g/mol. The number of ether oxygens (including phenoxy) is 1. The summed E-state index contributed by atoms with van der Waals surface area (Å²) in [5.41, 5.74) is 0.812. The van der Waals surface area contributed by atoms with Crippen LogP contribution in [0.25, 0.3) is 0 Å². The smallest absolute Gasteiger partial charge is 0.254 e. The van der Waals surface area contributed by atoms with Crippen LogP contribution in [-0.2, 0) is 4.74 Å². The highest BCUT2D eigenvalue weighted by Gasteiger charge is 2.26. The number of hydrogen-bond acceptors (Lipinski definition) is 3. The molecule has 0 N–H and O–H groups in total. The van der Waals surface area contributed by atoms with Crippen LogP contribution < -0.4 is 0 Å². The summed E-state index contributed by atoms with van der Waals surface area (Å²) >= 11 is 5.71. The minimum atomic E-state index is 0.167. The van der Waals surface area contributed by atoms with Gasteiger partial charge in [-0.1, -0.05) is 15.9 Å². The first-order chi connectivity index (χ1) is 11.1. The van der Waals surface area contributed by atoms with E-state index in [-0.39, 0.29) is 5.91 Å². The molecular formula is C17H22BrIN2O2. The number of carbonyl (C=O) groups is 1. The molecule has 2 heterocycles. The zero-order valence-corrected chi connectivity index (χ0v) is 16.9. The number of carbonyl (C=O) groups excluding carboxylic acids is 1. The summed E-state index contributed by atoms with van der Waals surface area (Å²) in [6, 6.07) is 5.90. The summed E-state index contributed by atoms with van der Waals surface area (Å²) in [5, 5.41) is 0. The highest BCUT2D eigenvalue weighted by molar-refractivity contribution is 14.1. The fourth-order valence-corrected chi connectivity index (χ4v) is 4.23. The van der Waals surface area contributed by atoms with Gasteiger partial charge in [0.25, 0.3) is 5.91 Å². The Morgan fingerprint density at radius 1 is 1.22 bits per heavy atom. The van der Waals surface area contributed by atoms with E-state index < -0.39 is 0 Å². The number of rotatable bonds is 3. The summed E-state index contributed by atoms with van der Waals surface area (Å²) < 4.78 is 7.39. The van der Waals surface area contributed by atoms with Gasteiger partial charge in [0.2, 0.25) is 0 Å². The second kappa shape index (κ2) is 8.27. The van der Waals surface area contributed by atoms with Crippen molar-refractivity contribution in [2.45, 2.75) is 12.8 Å². The van der Waals surface area contributed by atoms with Crippen LogP contribution in [0.15, 0.2) is 22.7 Å². The Labute approximate surface area is 159 Å². The maximum atomic E-state index is 12.7. The minimum absolute atomic E-state index is 0.167. The Balaban J connectivity index is 1.53. The molecule has 0 aromatic heterocycles. The van der Waals surface area contributed by atoms with E-state index in [9.17, 15) is 4.79 Å². The lowest BCUT2D eigenvalue weighted by Gasteiger charge is -2.36. The number of piperidine rings is 1. The van der Waals surface area contributed by atoms with E-state index in [1.165, 1.54) is 0 Å². The molecule has 1 aromatic carbocycles. The third kappa shape index (κ3) is 4.67. The number of hydrogen-bond donors (Lipinski definition) is 0. The van der Waals surface area contributed by atoms with Crippen molar-refractivity contribution in [3.05, 3.63) is 31.8 Å². The van der Waals surface area contributed by atoms with Crippen molar-refractivity contribution in [2.75, 3.05) is 45.9 Å². The molecule has 0 spiro atoms. The van der Waals surface area contributed by atoms with Gasteiger partial charge in [-0.05, 0) is 59.5 Å². The number of nitrogens with zero attached hydrogens (tertiary/aromatic N) is 2.